The predicted octanol–water partition coefficient (Wildman–Crippen LogP) is 4.56. The number of phenolic OH excluding ortho intramolecular Hbond substituents is 1. The molecule has 6 heteroatoms. The lowest BCUT2D eigenvalue weighted by atomic mass is 10.1. The van der Waals surface area contributed by atoms with E-state index in [1.807, 2.05) is 56.3 Å². The van der Waals surface area contributed by atoms with Crippen LogP contribution in [-0.2, 0) is 9.53 Å². The highest BCUT2D eigenvalue weighted by molar-refractivity contribution is 5.88. The number of ether oxygens (including phenoxy) is 3. The Balaban J connectivity index is 1.66. The molecule has 0 radical (unpaired) electrons. The van der Waals surface area contributed by atoms with Crippen LogP contribution in [0.5, 0.6) is 17.2 Å². The lowest BCUT2D eigenvalue weighted by Crippen LogP contribution is -2.38. The van der Waals surface area contributed by atoms with Crippen LogP contribution < -0.4 is 14.8 Å². The molecular formula is C26H29NO5. The zero-order chi connectivity index (χ0) is 22.9. The molecule has 32 heavy (non-hydrogen) atoms. The minimum Gasteiger partial charge on any atom is -0.504 e. The Hall–Kier alpha value is -3.51. The first-order valence-electron chi connectivity index (χ1n) is 10.6. The molecule has 0 spiro atoms. The van der Waals surface area contributed by atoms with E-state index in [0.717, 1.165) is 16.5 Å². The van der Waals surface area contributed by atoms with Crippen LogP contribution >= 0.6 is 0 Å². The number of aromatic hydroxyl groups is 1. The fourth-order valence-electron chi connectivity index (χ4n) is 3.17. The minimum absolute atomic E-state index is 0.0395. The second-order valence-corrected chi connectivity index (χ2v) is 7.67. The molecule has 0 fully saturated rings. The van der Waals surface area contributed by atoms with Gasteiger partial charge in [0.15, 0.2) is 11.5 Å². The number of carbonyl (C=O) groups excluding carboxylic acids is 1. The molecular weight excluding hydrogens is 406 g/mol. The van der Waals surface area contributed by atoms with Crippen molar-refractivity contribution in [2.75, 3.05) is 20.3 Å². The van der Waals surface area contributed by atoms with Crippen molar-refractivity contribution in [3.05, 3.63) is 72.3 Å². The van der Waals surface area contributed by atoms with Gasteiger partial charge in [0.25, 0.3) is 0 Å². The maximum absolute atomic E-state index is 12.4. The average molecular weight is 436 g/mol. The maximum Gasteiger partial charge on any atom is 0.331 e. The summed E-state index contributed by atoms with van der Waals surface area (Å²) >= 11 is 0. The van der Waals surface area contributed by atoms with E-state index in [1.165, 1.54) is 19.3 Å². The second kappa shape index (κ2) is 11.2. The number of methoxy groups -OCH3 is 1. The summed E-state index contributed by atoms with van der Waals surface area (Å²) in [7, 11) is 1.47. The van der Waals surface area contributed by atoms with Gasteiger partial charge in [-0.15, -0.1) is 0 Å². The summed E-state index contributed by atoms with van der Waals surface area (Å²) in [5.41, 5.74) is 0.709. The van der Waals surface area contributed by atoms with Crippen molar-refractivity contribution >= 4 is 22.8 Å². The molecule has 0 aliphatic rings. The van der Waals surface area contributed by atoms with E-state index in [9.17, 15) is 9.90 Å². The van der Waals surface area contributed by atoms with Gasteiger partial charge in [0, 0.05) is 24.0 Å². The highest BCUT2D eigenvalue weighted by Crippen LogP contribution is 2.27. The molecule has 0 aromatic heterocycles. The SMILES string of the molecule is COc1cc(/C=C/C(=O)OC(CNC(C)C)COc2cccc3ccccc23)ccc1O. The van der Waals surface area contributed by atoms with Crippen LogP contribution in [0.15, 0.2) is 66.7 Å². The first-order valence-corrected chi connectivity index (χ1v) is 10.6. The van der Waals surface area contributed by atoms with Crippen molar-refractivity contribution in [1.82, 2.24) is 5.32 Å². The molecule has 1 unspecified atom stereocenters. The molecule has 0 bridgehead atoms. The van der Waals surface area contributed by atoms with Gasteiger partial charge >= 0.3 is 5.97 Å². The van der Waals surface area contributed by atoms with Crippen molar-refractivity contribution in [3.63, 3.8) is 0 Å². The molecule has 6 nitrogen and oxygen atoms in total. The summed E-state index contributed by atoms with van der Waals surface area (Å²) in [5.74, 6) is 0.648. The minimum atomic E-state index is -0.478. The van der Waals surface area contributed by atoms with Crippen molar-refractivity contribution in [2.24, 2.45) is 0 Å². The van der Waals surface area contributed by atoms with Crippen LogP contribution in [0, 0.1) is 0 Å². The van der Waals surface area contributed by atoms with Crippen molar-refractivity contribution in [3.8, 4) is 17.2 Å². The van der Waals surface area contributed by atoms with Crippen LogP contribution in [-0.4, -0.2) is 43.5 Å². The van der Waals surface area contributed by atoms with Gasteiger partial charge in [-0.3, -0.25) is 0 Å². The number of phenols is 1. The largest absolute Gasteiger partial charge is 0.504 e. The van der Waals surface area contributed by atoms with E-state index < -0.39 is 12.1 Å². The molecule has 0 saturated carbocycles. The molecule has 0 saturated heterocycles. The average Bonchev–Trinajstić information content (AvgIpc) is 2.80. The highest BCUT2D eigenvalue weighted by atomic mass is 16.6. The van der Waals surface area contributed by atoms with E-state index in [1.54, 1.807) is 18.2 Å². The molecule has 3 rings (SSSR count). The van der Waals surface area contributed by atoms with Gasteiger partial charge in [-0.1, -0.05) is 56.3 Å². The third-order valence-electron chi connectivity index (χ3n) is 4.83. The summed E-state index contributed by atoms with van der Waals surface area (Å²) < 4.78 is 16.8. The Morgan fingerprint density at radius 3 is 2.62 bits per heavy atom. The number of esters is 1. The summed E-state index contributed by atoms with van der Waals surface area (Å²) in [6.07, 6.45) is 2.50. The molecule has 2 N–H and O–H groups in total. The van der Waals surface area contributed by atoms with Crippen LogP contribution in [0.3, 0.4) is 0 Å². The fraction of sp³-hybridized carbons (Fsp3) is 0.269. The number of nitrogens with one attached hydrogen (secondary N) is 1. The molecule has 1 atom stereocenters. The quantitative estimate of drug-likeness (QED) is 0.359. The van der Waals surface area contributed by atoms with Gasteiger partial charge in [-0.05, 0) is 35.2 Å². The van der Waals surface area contributed by atoms with Crippen molar-refractivity contribution in [1.29, 1.82) is 0 Å². The normalized spacial score (nSPS) is 12.2. The number of carbonyl (C=O) groups is 1. The fourth-order valence-corrected chi connectivity index (χ4v) is 3.17. The van der Waals surface area contributed by atoms with Crippen LogP contribution in [0.1, 0.15) is 19.4 Å². The van der Waals surface area contributed by atoms with E-state index in [4.69, 9.17) is 14.2 Å². The standard InChI is InChI=1S/C26H29NO5/c1-18(2)27-16-21(17-31-24-10-6-8-20-7-4-5-9-22(20)24)32-26(29)14-12-19-11-13-23(28)25(15-19)30-3/h4-15,18,21,27-28H,16-17H2,1-3H3/b14-12+. The second-order valence-electron chi connectivity index (χ2n) is 7.67. The molecule has 3 aromatic rings. The number of hydrogen-bond donors (Lipinski definition) is 2. The highest BCUT2D eigenvalue weighted by Gasteiger charge is 2.15. The smallest absolute Gasteiger partial charge is 0.331 e. The maximum atomic E-state index is 12.4. The van der Waals surface area contributed by atoms with E-state index in [2.05, 4.69) is 5.32 Å². The van der Waals surface area contributed by atoms with Gasteiger partial charge in [0.1, 0.15) is 18.5 Å². The first kappa shape index (κ1) is 23.2. The Morgan fingerprint density at radius 2 is 1.84 bits per heavy atom. The Kier molecular flexibility index (Phi) is 8.11. The molecule has 0 aliphatic carbocycles. The lowest BCUT2D eigenvalue weighted by Gasteiger charge is -2.20. The molecule has 168 valence electrons. The molecule has 3 aromatic carbocycles. The van der Waals surface area contributed by atoms with Gasteiger partial charge < -0.3 is 24.6 Å². The Bertz CT molecular complexity index is 1070. The van der Waals surface area contributed by atoms with Crippen LogP contribution in [0.4, 0.5) is 0 Å². The third-order valence-corrected chi connectivity index (χ3v) is 4.83. The lowest BCUT2D eigenvalue weighted by molar-refractivity contribution is -0.144. The Labute approximate surface area is 188 Å². The number of benzene rings is 3. The topological polar surface area (TPSA) is 77.0 Å². The number of hydrogen-bond acceptors (Lipinski definition) is 6. The van der Waals surface area contributed by atoms with Crippen LogP contribution in [0.2, 0.25) is 0 Å². The summed E-state index contributed by atoms with van der Waals surface area (Å²) in [6, 6.07) is 19.0. The number of rotatable bonds is 10. The van der Waals surface area contributed by atoms with Crippen LogP contribution in [0.25, 0.3) is 16.8 Å². The molecule has 0 heterocycles. The van der Waals surface area contributed by atoms with Gasteiger partial charge in [-0.2, -0.15) is 0 Å². The van der Waals surface area contributed by atoms with Gasteiger partial charge in [0.2, 0.25) is 0 Å². The third kappa shape index (κ3) is 6.49. The van der Waals surface area contributed by atoms with Crippen molar-refractivity contribution < 1.29 is 24.1 Å². The monoisotopic (exact) mass is 435 g/mol. The zero-order valence-electron chi connectivity index (χ0n) is 18.6. The van der Waals surface area contributed by atoms with E-state index in [0.29, 0.717) is 17.9 Å². The summed E-state index contributed by atoms with van der Waals surface area (Å²) in [5, 5.41) is 15.1. The summed E-state index contributed by atoms with van der Waals surface area (Å²) in [4.78, 5) is 12.4. The molecule has 0 amide bonds. The van der Waals surface area contributed by atoms with Gasteiger partial charge in [0.05, 0.1) is 7.11 Å². The van der Waals surface area contributed by atoms with Gasteiger partial charge in [-0.25, -0.2) is 4.79 Å². The first-order chi connectivity index (χ1) is 15.5. The van der Waals surface area contributed by atoms with Crippen molar-refractivity contribution in [2.45, 2.75) is 26.0 Å². The number of fused-ring (bicyclic) bond motifs is 1. The van der Waals surface area contributed by atoms with E-state index >= 15 is 0 Å². The summed E-state index contributed by atoms with van der Waals surface area (Å²) in [6.45, 7) is 4.75. The predicted molar refractivity (Wildman–Crippen MR) is 126 cm³/mol. The molecule has 0 aliphatic heterocycles. The zero-order valence-corrected chi connectivity index (χ0v) is 18.6. The Morgan fingerprint density at radius 1 is 1.06 bits per heavy atom. The van der Waals surface area contributed by atoms with E-state index in [-0.39, 0.29) is 18.4 Å².